The van der Waals surface area contributed by atoms with Gasteiger partial charge in [0.2, 0.25) is 0 Å². The minimum atomic E-state index is 0.0784. The molecule has 0 aliphatic rings. The van der Waals surface area contributed by atoms with Gasteiger partial charge in [0, 0.05) is 11.1 Å². The zero-order valence-corrected chi connectivity index (χ0v) is 10.1. The van der Waals surface area contributed by atoms with Gasteiger partial charge in [-0.05, 0) is 31.5 Å². The van der Waals surface area contributed by atoms with E-state index in [0.717, 1.165) is 10.0 Å². The Kier molecular flexibility index (Phi) is 5.15. The summed E-state index contributed by atoms with van der Waals surface area (Å²) in [4.78, 5) is 0. The Bertz CT molecular complexity index is 258. The molecule has 78 valence electrons. The third-order valence-electron chi connectivity index (χ3n) is 1.94. The molecule has 0 heterocycles. The molecule has 1 aromatic rings. The fourth-order valence-corrected chi connectivity index (χ4v) is 1.33. The van der Waals surface area contributed by atoms with Crippen molar-refractivity contribution in [3.05, 3.63) is 34.3 Å². The molecule has 0 N–H and O–H groups in total. The molecule has 3 heteroatoms. The van der Waals surface area contributed by atoms with E-state index in [2.05, 4.69) is 15.9 Å². The summed E-state index contributed by atoms with van der Waals surface area (Å²) in [7, 11) is 0. The molecule has 1 rings (SSSR count). The first-order valence-electron chi connectivity index (χ1n) is 4.69. The number of hydrogen-bond donors (Lipinski definition) is 0. The fraction of sp³-hybridized carbons (Fsp3) is 0.455. The molecule has 0 aromatic heterocycles. The summed E-state index contributed by atoms with van der Waals surface area (Å²) in [6.45, 7) is 5.01. The predicted octanol–water partition coefficient (Wildman–Crippen LogP) is 3.52. The van der Waals surface area contributed by atoms with Gasteiger partial charge < -0.3 is 9.47 Å². The molecule has 2 nitrogen and oxygen atoms in total. The summed E-state index contributed by atoms with van der Waals surface area (Å²) in [5.41, 5.74) is 1.16. The van der Waals surface area contributed by atoms with Crippen molar-refractivity contribution < 1.29 is 9.47 Å². The van der Waals surface area contributed by atoms with Crippen LogP contribution >= 0.6 is 15.9 Å². The number of hydrogen-bond acceptors (Lipinski definition) is 2. The van der Waals surface area contributed by atoms with Crippen LogP contribution in [0, 0.1) is 0 Å². The smallest absolute Gasteiger partial charge is 0.147 e. The van der Waals surface area contributed by atoms with E-state index in [-0.39, 0.29) is 6.10 Å². The average molecular weight is 259 g/mol. The molecule has 1 aromatic carbocycles. The van der Waals surface area contributed by atoms with E-state index in [9.17, 15) is 0 Å². The Morgan fingerprint density at radius 2 is 1.93 bits per heavy atom. The van der Waals surface area contributed by atoms with Crippen LogP contribution in [0.5, 0.6) is 0 Å². The summed E-state index contributed by atoms with van der Waals surface area (Å²) in [6, 6.07) is 8.10. The second kappa shape index (κ2) is 6.17. The summed E-state index contributed by atoms with van der Waals surface area (Å²) in [5, 5.41) is 0. The maximum absolute atomic E-state index is 5.47. The van der Waals surface area contributed by atoms with Crippen molar-refractivity contribution in [1.29, 1.82) is 0 Å². The molecular formula is C11H15BrO2. The third kappa shape index (κ3) is 3.78. The molecule has 1 atom stereocenters. The van der Waals surface area contributed by atoms with Crippen LogP contribution < -0.4 is 0 Å². The zero-order chi connectivity index (χ0) is 10.4. The Hall–Kier alpha value is -0.380. The van der Waals surface area contributed by atoms with Gasteiger partial charge in [-0.3, -0.25) is 0 Å². The van der Waals surface area contributed by atoms with E-state index in [1.54, 1.807) is 0 Å². The molecule has 0 saturated carbocycles. The van der Waals surface area contributed by atoms with Crippen LogP contribution in [0.2, 0.25) is 0 Å². The lowest BCUT2D eigenvalue weighted by atomic mass is 10.1. The van der Waals surface area contributed by atoms with Gasteiger partial charge in [-0.2, -0.15) is 0 Å². The van der Waals surface area contributed by atoms with Crippen molar-refractivity contribution in [2.24, 2.45) is 0 Å². The summed E-state index contributed by atoms with van der Waals surface area (Å²) in [6.07, 6.45) is 0.0784. The van der Waals surface area contributed by atoms with Gasteiger partial charge in [0.15, 0.2) is 0 Å². The molecule has 0 aliphatic heterocycles. The molecule has 0 radical (unpaired) electrons. The quantitative estimate of drug-likeness (QED) is 0.595. The van der Waals surface area contributed by atoms with Crippen LogP contribution in [0.4, 0.5) is 0 Å². The van der Waals surface area contributed by atoms with Gasteiger partial charge in [0.25, 0.3) is 0 Å². The molecule has 14 heavy (non-hydrogen) atoms. The van der Waals surface area contributed by atoms with Crippen LogP contribution in [0.3, 0.4) is 0 Å². The van der Waals surface area contributed by atoms with Crippen LogP contribution in [0.1, 0.15) is 25.5 Å². The highest BCUT2D eigenvalue weighted by Crippen LogP contribution is 2.19. The van der Waals surface area contributed by atoms with E-state index < -0.39 is 0 Å². The van der Waals surface area contributed by atoms with Crippen molar-refractivity contribution in [2.75, 3.05) is 13.4 Å². The number of benzene rings is 1. The number of ether oxygens (including phenoxy) is 2. The summed E-state index contributed by atoms with van der Waals surface area (Å²) in [5.74, 6) is 0. The monoisotopic (exact) mass is 258 g/mol. The second-order valence-electron chi connectivity index (χ2n) is 2.97. The summed E-state index contributed by atoms with van der Waals surface area (Å²) >= 11 is 3.39. The molecule has 0 saturated heterocycles. The lowest BCUT2D eigenvalue weighted by molar-refractivity contribution is -0.0818. The van der Waals surface area contributed by atoms with Gasteiger partial charge in [-0.25, -0.2) is 0 Å². The van der Waals surface area contributed by atoms with Crippen LogP contribution in [-0.2, 0) is 9.47 Å². The first-order valence-corrected chi connectivity index (χ1v) is 5.48. The van der Waals surface area contributed by atoms with Gasteiger partial charge in [0.05, 0.1) is 6.10 Å². The van der Waals surface area contributed by atoms with Gasteiger partial charge in [-0.1, -0.05) is 28.1 Å². The molecule has 0 spiro atoms. The average Bonchev–Trinajstić information content (AvgIpc) is 2.19. The van der Waals surface area contributed by atoms with Crippen molar-refractivity contribution in [1.82, 2.24) is 0 Å². The third-order valence-corrected chi connectivity index (χ3v) is 2.47. The maximum atomic E-state index is 5.47. The van der Waals surface area contributed by atoms with Gasteiger partial charge in [-0.15, -0.1) is 0 Å². The Morgan fingerprint density at radius 1 is 1.29 bits per heavy atom. The number of rotatable bonds is 5. The van der Waals surface area contributed by atoms with Crippen LogP contribution in [0.15, 0.2) is 28.7 Å². The molecule has 1 unspecified atom stereocenters. The largest absolute Gasteiger partial charge is 0.356 e. The molecular weight excluding hydrogens is 244 g/mol. The fourth-order valence-electron chi connectivity index (χ4n) is 1.06. The minimum Gasteiger partial charge on any atom is -0.356 e. The van der Waals surface area contributed by atoms with Crippen molar-refractivity contribution in [2.45, 2.75) is 20.0 Å². The molecule has 0 amide bonds. The van der Waals surface area contributed by atoms with E-state index in [1.165, 1.54) is 0 Å². The van der Waals surface area contributed by atoms with Gasteiger partial charge >= 0.3 is 0 Å². The Morgan fingerprint density at radius 3 is 2.50 bits per heavy atom. The Balaban J connectivity index is 2.43. The van der Waals surface area contributed by atoms with E-state index >= 15 is 0 Å². The van der Waals surface area contributed by atoms with E-state index in [0.29, 0.717) is 13.4 Å². The second-order valence-corrected chi connectivity index (χ2v) is 3.89. The molecule has 0 fully saturated rings. The summed E-state index contributed by atoms with van der Waals surface area (Å²) < 4.78 is 11.7. The van der Waals surface area contributed by atoms with E-state index in [1.807, 2.05) is 38.1 Å². The molecule has 0 aliphatic carbocycles. The lowest BCUT2D eigenvalue weighted by Gasteiger charge is -2.13. The SMILES string of the molecule is CCOCOC(C)c1ccc(Br)cc1. The highest BCUT2D eigenvalue weighted by atomic mass is 79.9. The highest BCUT2D eigenvalue weighted by molar-refractivity contribution is 9.10. The van der Waals surface area contributed by atoms with E-state index in [4.69, 9.17) is 9.47 Å². The van der Waals surface area contributed by atoms with Crippen molar-refractivity contribution in [3.63, 3.8) is 0 Å². The highest BCUT2D eigenvalue weighted by Gasteiger charge is 2.04. The molecule has 0 bridgehead atoms. The first kappa shape index (κ1) is 11.7. The predicted molar refractivity (Wildman–Crippen MR) is 60.1 cm³/mol. The minimum absolute atomic E-state index is 0.0784. The lowest BCUT2D eigenvalue weighted by Crippen LogP contribution is -2.04. The number of halogens is 1. The van der Waals surface area contributed by atoms with Gasteiger partial charge in [0.1, 0.15) is 6.79 Å². The Labute approximate surface area is 93.4 Å². The normalized spacial score (nSPS) is 12.8. The topological polar surface area (TPSA) is 18.5 Å². The van der Waals surface area contributed by atoms with Crippen molar-refractivity contribution >= 4 is 15.9 Å². The van der Waals surface area contributed by atoms with Crippen LogP contribution in [-0.4, -0.2) is 13.4 Å². The standard InChI is InChI=1S/C11H15BrO2/c1-3-13-8-14-9(2)10-4-6-11(12)7-5-10/h4-7,9H,3,8H2,1-2H3. The van der Waals surface area contributed by atoms with Crippen LogP contribution in [0.25, 0.3) is 0 Å². The maximum Gasteiger partial charge on any atom is 0.147 e. The zero-order valence-electron chi connectivity index (χ0n) is 8.50. The van der Waals surface area contributed by atoms with Crippen molar-refractivity contribution in [3.8, 4) is 0 Å². The first-order chi connectivity index (χ1) is 6.74.